The van der Waals surface area contributed by atoms with Crippen molar-refractivity contribution in [3.05, 3.63) is 58.9 Å². The molecule has 1 amide bonds. The summed E-state index contributed by atoms with van der Waals surface area (Å²) in [6, 6.07) is 11.9. The van der Waals surface area contributed by atoms with E-state index in [0.29, 0.717) is 16.3 Å². The molecule has 3 nitrogen and oxygen atoms in total. The molecule has 2 aromatic carbocycles. The van der Waals surface area contributed by atoms with E-state index in [2.05, 4.69) is 10.6 Å². The monoisotopic (exact) mass is 334 g/mol. The smallest absolute Gasteiger partial charge is 0.229 e. The molecule has 0 aromatic heterocycles. The first-order chi connectivity index (χ1) is 10.8. The van der Waals surface area contributed by atoms with Crippen molar-refractivity contribution in [3.63, 3.8) is 0 Å². The molecule has 23 heavy (non-hydrogen) atoms. The Morgan fingerprint density at radius 3 is 2.43 bits per heavy atom. The lowest BCUT2D eigenvalue weighted by Crippen LogP contribution is -2.27. The van der Waals surface area contributed by atoms with Crippen LogP contribution in [0.15, 0.2) is 42.5 Å². The van der Waals surface area contributed by atoms with E-state index in [1.807, 2.05) is 39.0 Å². The van der Waals surface area contributed by atoms with E-state index in [-0.39, 0.29) is 18.3 Å². The van der Waals surface area contributed by atoms with E-state index < -0.39 is 5.41 Å². The van der Waals surface area contributed by atoms with Crippen LogP contribution in [0.4, 0.5) is 15.8 Å². The van der Waals surface area contributed by atoms with Crippen LogP contribution in [0.1, 0.15) is 26.3 Å². The molecular weight excluding hydrogens is 315 g/mol. The van der Waals surface area contributed by atoms with E-state index in [0.717, 1.165) is 5.69 Å². The molecule has 0 saturated carbocycles. The van der Waals surface area contributed by atoms with E-state index in [1.54, 1.807) is 18.2 Å². The van der Waals surface area contributed by atoms with Crippen LogP contribution >= 0.6 is 11.6 Å². The standard InChI is InChI=1S/C18H20ClFN2O/c1-18(2,3)17(23)22-13-7-4-6-12(10-13)21-11-14-15(19)8-5-9-16(14)20/h4-10,21H,11H2,1-3H3,(H,22,23). The maximum atomic E-state index is 13.8. The van der Waals surface area contributed by atoms with Crippen molar-refractivity contribution in [2.24, 2.45) is 5.41 Å². The van der Waals surface area contributed by atoms with Crippen LogP contribution in [0.25, 0.3) is 0 Å². The Labute approximate surface area is 140 Å². The van der Waals surface area contributed by atoms with Gasteiger partial charge in [0.25, 0.3) is 0 Å². The van der Waals surface area contributed by atoms with Gasteiger partial charge in [0.05, 0.1) is 0 Å². The summed E-state index contributed by atoms with van der Waals surface area (Å²) in [4.78, 5) is 12.0. The van der Waals surface area contributed by atoms with Crippen molar-refractivity contribution >= 4 is 28.9 Å². The molecule has 2 N–H and O–H groups in total. The second-order valence-corrected chi connectivity index (χ2v) is 6.75. The van der Waals surface area contributed by atoms with Gasteiger partial charge in [0, 0.05) is 33.9 Å². The lowest BCUT2D eigenvalue weighted by Gasteiger charge is -2.18. The van der Waals surface area contributed by atoms with Crippen molar-refractivity contribution in [1.82, 2.24) is 0 Å². The number of hydrogen-bond donors (Lipinski definition) is 2. The second kappa shape index (κ2) is 7.01. The summed E-state index contributed by atoms with van der Waals surface area (Å²) in [5, 5.41) is 6.37. The van der Waals surface area contributed by atoms with Gasteiger partial charge in [0.2, 0.25) is 5.91 Å². The zero-order valence-electron chi connectivity index (χ0n) is 13.4. The van der Waals surface area contributed by atoms with Crippen molar-refractivity contribution in [3.8, 4) is 0 Å². The number of amides is 1. The Morgan fingerprint density at radius 2 is 1.78 bits per heavy atom. The number of hydrogen-bond acceptors (Lipinski definition) is 2. The van der Waals surface area contributed by atoms with Crippen LogP contribution in [-0.2, 0) is 11.3 Å². The number of carbonyl (C=O) groups is 1. The molecule has 0 saturated heterocycles. The van der Waals surface area contributed by atoms with Crippen LogP contribution < -0.4 is 10.6 Å². The average molecular weight is 335 g/mol. The van der Waals surface area contributed by atoms with Gasteiger partial charge in [-0.15, -0.1) is 0 Å². The van der Waals surface area contributed by atoms with Crippen molar-refractivity contribution < 1.29 is 9.18 Å². The van der Waals surface area contributed by atoms with Gasteiger partial charge in [-0.2, -0.15) is 0 Å². The molecule has 0 fully saturated rings. The van der Waals surface area contributed by atoms with Gasteiger partial charge in [-0.05, 0) is 30.3 Å². The fourth-order valence-corrected chi connectivity index (χ4v) is 2.15. The summed E-state index contributed by atoms with van der Waals surface area (Å²) >= 11 is 6.01. The Balaban J connectivity index is 2.07. The Bertz CT molecular complexity index is 690. The third kappa shape index (κ3) is 4.70. The van der Waals surface area contributed by atoms with Crippen LogP contribution in [-0.4, -0.2) is 5.91 Å². The summed E-state index contributed by atoms with van der Waals surface area (Å²) in [5.41, 5.74) is 1.41. The first kappa shape index (κ1) is 17.3. The van der Waals surface area contributed by atoms with Crippen LogP contribution in [0.2, 0.25) is 5.02 Å². The van der Waals surface area contributed by atoms with Crippen molar-refractivity contribution in [2.45, 2.75) is 27.3 Å². The highest BCUT2D eigenvalue weighted by atomic mass is 35.5. The van der Waals surface area contributed by atoms with Crippen molar-refractivity contribution in [2.75, 3.05) is 10.6 Å². The predicted molar refractivity (Wildman–Crippen MR) is 93.3 cm³/mol. The Morgan fingerprint density at radius 1 is 1.13 bits per heavy atom. The zero-order chi connectivity index (χ0) is 17.0. The summed E-state index contributed by atoms with van der Waals surface area (Å²) < 4.78 is 13.8. The van der Waals surface area contributed by atoms with E-state index in [4.69, 9.17) is 11.6 Å². The molecule has 0 unspecified atom stereocenters. The minimum atomic E-state index is -0.468. The highest BCUT2D eigenvalue weighted by Crippen LogP contribution is 2.23. The van der Waals surface area contributed by atoms with Crippen LogP contribution in [0, 0.1) is 11.2 Å². The highest BCUT2D eigenvalue weighted by Gasteiger charge is 2.21. The molecule has 0 spiro atoms. The Hall–Kier alpha value is -2.07. The van der Waals surface area contributed by atoms with Gasteiger partial charge in [0.15, 0.2) is 0 Å². The first-order valence-electron chi connectivity index (χ1n) is 7.35. The van der Waals surface area contributed by atoms with Gasteiger partial charge < -0.3 is 10.6 Å². The lowest BCUT2D eigenvalue weighted by atomic mass is 9.95. The van der Waals surface area contributed by atoms with E-state index in [9.17, 15) is 9.18 Å². The normalized spacial score (nSPS) is 11.2. The van der Waals surface area contributed by atoms with E-state index >= 15 is 0 Å². The fourth-order valence-electron chi connectivity index (χ4n) is 1.92. The van der Waals surface area contributed by atoms with Gasteiger partial charge in [0.1, 0.15) is 5.82 Å². The maximum Gasteiger partial charge on any atom is 0.229 e. The molecule has 0 bridgehead atoms. The largest absolute Gasteiger partial charge is 0.381 e. The summed E-state index contributed by atoms with van der Waals surface area (Å²) in [5.74, 6) is -0.408. The third-order valence-electron chi connectivity index (χ3n) is 3.33. The highest BCUT2D eigenvalue weighted by molar-refractivity contribution is 6.31. The van der Waals surface area contributed by atoms with E-state index in [1.165, 1.54) is 6.07 Å². The number of carbonyl (C=O) groups excluding carboxylic acids is 1. The van der Waals surface area contributed by atoms with Crippen molar-refractivity contribution in [1.29, 1.82) is 0 Å². The minimum Gasteiger partial charge on any atom is -0.381 e. The summed E-state index contributed by atoms with van der Waals surface area (Å²) in [7, 11) is 0. The number of halogens is 2. The summed E-state index contributed by atoms with van der Waals surface area (Å²) in [6.45, 7) is 5.82. The average Bonchev–Trinajstić information content (AvgIpc) is 2.46. The molecule has 0 aliphatic carbocycles. The molecule has 0 radical (unpaired) electrons. The third-order valence-corrected chi connectivity index (χ3v) is 3.69. The SMILES string of the molecule is CC(C)(C)C(=O)Nc1cccc(NCc2c(F)cccc2Cl)c1. The zero-order valence-corrected chi connectivity index (χ0v) is 14.2. The topological polar surface area (TPSA) is 41.1 Å². The van der Waals surface area contributed by atoms with Gasteiger partial charge in [-0.1, -0.05) is 44.5 Å². The van der Waals surface area contributed by atoms with Gasteiger partial charge >= 0.3 is 0 Å². The number of anilines is 2. The lowest BCUT2D eigenvalue weighted by molar-refractivity contribution is -0.123. The molecule has 5 heteroatoms. The molecule has 0 heterocycles. The first-order valence-corrected chi connectivity index (χ1v) is 7.73. The number of rotatable bonds is 4. The van der Waals surface area contributed by atoms with Crippen LogP contribution in [0.5, 0.6) is 0 Å². The second-order valence-electron chi connectivity index (χ2n) is 6.34. The quantitative estimate of drug-likeness (QED) is 0.819. The molecule has 122 valence electrons. The number of benzene rings is 2. The maximum absolute atomic E-state index is 13.8. The summed E-state index contributed by atoms with van der Waals surface area (Å²) in [6.07, 6.45) is 0. The fraction of sp³-hybridized carbons (Fsp3) is 0.278. The molecule has 0 aliphatic heterocycles. The molecule has 0 atom stereocenters. The molecule has 2 aromatic rings. The van der Waals surface area contributed by atoms with Crippen LogP contribution in [0.3, 0.4) is 0 Å². The number of nitrogens with one attached hydrogen (secondary N) is 2. The molecule has 0 aliphatic rings. The molecular formula is C18H20ClFN2O. The minimum absolute atomic E-state index is 0.0631. The predicted octanol–water partition coefficient (Wildman–Crippen LogP) is 5.08. The van der Waals surface area contributed by atoms with Gasteiger partial charge in [-0.25, -0.2) is 4.39 Å². The Kier molecular flexibility index (Phi) is 5.26. The molecule has 2 rings (SSSR count). The van der Waals surface area contributed by atoms with Gasteiger partial charge in [-0.3, -0.25) is 4.79 Å².